The van der Waals surface area contributed by atoms with Gasteiger partial charge in [-0.3, -0.25) is 4.79 Å². The second-order valence-electron chi connectivity index (χ2n) is 6.26. The summed E-state index contributed by atoms with van der Waals surface area (Å²) in [5.74, 6) is -0.938. The van der Waals surface area contributed by atoms with E-state index in [1.807, 2.05) is 6.92 Å². The minimum Gasteiger partial charge on any atom is -0.481 e. The van der Waals surface area contributed by atoms with E-state index in [1.165, 1.54) is 4.31 Å². The van der Waals surface area contributed by atoms with Crippen molar-refractivity contribution >= 4 is 31.9 Å². The maximum absolute atomic E-state index is 12.8. The van der Waals surface area contributed by atoms with Gasteiger partial charge in [0.25, 0.3) is 0 Å². The van der Waals surface area contributed by atoms with E-state index < -0.39 is 21.4 Å². The molecule has 1 saturated heterocycles. The Bertz CT molecular complexity index is 733. The minimum atomic E-state index is -3.65. The van der Waals surface area contributed by atoms with Gasteiger partial charge in [-0.25, -0.2) is 8.42 Å². The largest absolute Gasteiger partial charge is 0.481 e. The van der Waals surface area contributed by atoms with Crippen LogP contribution >= 0.6 is 15.9 Å². The van der Waals surface area contributed by atoms with E-state index in [-0.39, 0.29) is 17.4 Å². The zero-order valence-corrected chi connectivity index (χ0v) is 14.7. The highest BCUT2D eigenvalue weighted by molar-refractivity contribution is 9.10. The fourth-order valence-electron chi connectivity index (χ4n) is 3.66. The Hall–Kier alpha value is -0.920. The molecule has 5 nitrogen and oxygen atoms in total. The monoisotopic (exact) mass is 387 g/mol. The van der Waals surface area contributed by atoms with Gasteiger partial charge in [0.15, 0.2) is 0 Å². The van der Waals surface area contributed by atoms with Gasteiger partial charge in [0.2, 0.25) is 10.0 Å². The van der Waals surface area contributed by atoms with Crippen molar-refractivity contribution in [2.24, 2.45) is 11.3 Å². The van der Waals surface area contributed by atoms with Gasteiger partial charge in [-0.15, -0.1) is 0 Å². The fourth-order valence-corrected chi connectivity index (χ4v) is 5.77. The normalized spacial score (nSPS) is 28.7. The van der Waals surface area contributed by atoms with Crippen molar-refractivity contribution in [1.29, 1.82) is 0 Å². The smallest absolute Gasteiger partial charge is 0.311 e. The number of aryl methyl sites for hydroxylation is 1. The molecule has 1 aliphatic carbocycles. The first-order valence-electron chi connectivity index (χ1n) is 7.27. The molecule has 2 aliphatic rings. The van der Waals surface area contributed by atoms with Crippen LogP contribution in [-0.2, 0) is 14.8 Å². The second-order valence-corrected chi connectivity index (χ2v) is 9.05. The highest BCUT2D eigenvalue weighted by Crippen LogP contribution is 2.50. The highest BCUT2D eigenvalue weighted by Gasteiger charge is 2.57. The minimum absolute atomic E-state index is 0.0753. The first-order valence-corrected chi connectivity index (χ1v) is 9.50. The summed E-state index contributed by atoms with van der Waals surface area (Å²) >= 11 is 3.35. The summed E-state index contributed by atoms with van der Waals surface area (Å²) < 4.78 is 27.7. The Morgan fingerprint density at radius 1 is 1.45 bits per heavy atom. The maximum Gasteiger partial charge on any atom is 0.311 e. The van der Waals surface area contributed by atoms with Crippen molar-refractivity contribution in [3.63, 3.8) is 0 Å². The number of benzene rings is 1. The van der Waals surface area contributed by atoms with Gasteiger partial charge in [-0.05, 0) is 43.4 Å². The summed E-state index contributed by atoms with van der Waals surface area (Å²) in [4.78, 5) is 11.9. The number of halogens is 1. The van der Waals surface area contributed by atoms with Crippen molar-refractivity contribution in [3.05, 3.63) is 28.2 Å². The van der Waals surface area contributed by atoms with E-state index in [9.17, 15) is 18.3 Å². The van der Waals surface area contributed by atoms with Crippen LogP contribution < -0.4 is 0 Å². The number of nitrogens with zero attached hydrogens (tertiary/aromatic N) is 1. The van der Waals surface area contributed by atoms with E-state index in [4.69, 9.17) is 0 Å². The van der Waals surface area contributed by atoms with Crippen LogP contribution in [0.25, 0.3) is 0 Å². The molecule has 0 spiro atoms. The van der Waals surface area contributed by atoms with Crippen molar-refractivity contribution < 1.29 is 18.3 Å². The molecule has 1 aromatic rings. The molecule has 1 aromatic carbocycles. The molecule has 22 heavy (non-hydrogen) atoms. The van der Waals surface area contributed by atoms with Crippen LogP contribution in [0.15, 0.2) is 27.6 Å². The third-order valence-electron chi connectivity index (χ3n) is 5.05. The molecule has 3 rings (SSSR count). The van der Waals surface area contributed by atoms with Crippen LogP contribution in [0.2, 0.25) is 0 Å². The Morgan fingerprint density at radius 2 is 2.18 bits per heavy atom. The summed E-state index contributed by atoms with van der Waals surface area (Å²) in [6.07, 6.45) is 2.22. The number of sulfonamides is 1. The second kappa shape index (κ2) is 5.32. The summed E-state index contributed by atoms with van der Waals surface area (Å²) in [6, 6.07) is 4.92. The Morgan fingerprint density at radius 3 is 2.77 bits per heavy atom. The average Bonchev–Trinajstić information content (AvgIpc) is 2.99. The summed E-state index contributed by atoms with van der Waals surface area (Å²) in [5.41, 5.74) is 0.0638. The van der Waals surface area contributed by atoms with Crippen LogP contribution in [-0.4, -0.2) is 36.9 Å². The lowest BCUT2D eigenvalue weighted by Gasteiger charge is -2.23. The number of aliphatic carboxylic acids is 1. The molecule has 7 heteroatoms. The number of carbonyl (C=O) groups is 1. The predicted octanol–water partition coefficient (Wildman–Crippen LogP) is 2.63. The summed E-state index contributed by atoms with van der Waals surface area (Å²) in [6.45, 7) is 2.28. The van der Waals surface area contributed by atoms with Crippen LogP contribution in [0.1, 0.15) is 24.8 Å². The lowest BCUT2D eigenvalue weighted by Crippen LogP contribution is -2.37. The molecular weight excluding hydrogens is 370 g/mol. The van der Waals surface area contributed by atoms with Gasteiger partial charge >= 0.3 is 5.97 Å². The average molecular weight is 388 g/mol. The van der Waals surface area contributed by atoms with E-state index in [1.54, 1.807) is 18.2 Å². The van der Waals surface area contributed by atoms with Crippen molar-refractivity contribution in [1.82, 2.24) is 4.31 Å². The highest BCUT2D eigenvalue weighted by atomic mass is 79.9. The fraction of sp³-hybridized carbons (Fsp3) is 0.533. The standard InChI is InChI=1S/C15H18BrNO4S/c1-10-4-5-12(7-13(10)16)22(20,21)17-8-11-3-2-6-15(11,9-17)14(18)19/h4-5,7,11H,2-3,6,8-9H2,1H3,(H,18,19)/t11-,15+/m0/s1. The number of hydrogen-bond acceptors (Lipinski definition) is 3. The Labute approximate surface area is 138 Å². The first kappa shape index (κ1) is 16.0. The number of fused-ring (bicyclic) bond motifs is 1. The number of hydrogen-bond donors (Lipinski definition) is 1. The Kier molecular flexibility index (Phi) is 3.86. The van der Waals surface area contributed by atoms with Crippen LogP contribution in [0.5, 0.6) is 0 Å². The van der Waals surface area contributed by atoms with Gasteiger partial charge in [-0.2, -0.15) is 4.31 Å². The van der Waals surface area contributed by atoms with Crippen LogP contribution in [0, 0.1) is 18.3 Å². The molecule has 120 valence electrons. The van der Waals surface area contributed by atoms with Crippen LogP contribution in [0.3, 0.4) is 0 Å². The molecular formula is C15H18BrNO4S. The lowest BCUT2D eigenvalue weighted by atomic mass is 9.81. The summed E-state index contributed by atoms with van der Waals surface area (Å²) in [7, 11) is -3.65. The van der Waals surface area contributed by atoms with Gasteiger partial charge in [0.1, 0.15) is 0 Å². The van der Waals surface area contributed by atoms with Crippen molar-refractivity contribution in [2.75, 3.05) is 13.1 Å². The number of carboxylic acid groups (broad SMARTS) is 1. The molecule has 0 aromatic heterocycles. The molecule has 2 atom stereocenters. The van der Waals surface area contributed by atoms with Crippen LogP contribution in [0.4, 0.5) is 0 Å². The predicted molar refractivity (Wildman–Crippen MR) is 85.0 cm³/mol. The molecule has 0 bridgehead atoms. The molecule has 1 aliphatic heterocycles. The van der Waals surface area contributed by atoms with Gasteiger partial charge < -0.3 is 5.11 Å². The third-order valence-corrected chi connectivity index (χ3v) is 7.71. The molecule has 1 saturated carbocycles. The topological polar surface area (TPSA) is 74.7 Å². The molecule has 0 amide bonds. The lowest BCUT2D eigenvalue weighted by molar-refractivity contribution is -0.149. The van der Waals surface area contributed by atoms with E-state index in [2.05, 4.69) is 15.9 Å². The van der Waals surface area contributed by atoms with E-state index in [0.717, 1.165) is 22.9 Å². The molecule has 2 fully saturated rings. The quantitative estimate of drug-likeness (QED) is 0.864. The van der Waals surface area contributed by atoms with Gasteiger partial charge in [-0.1, -0.05) is 28.4 Å². The first-order chi connectivity index (χ1) is 10.3. The van der Waals surface area contributed by atoms with Gasteiger partial charge in [0.05, 0.1) is 10.3 Å². The van der Waals surface area contributed by atoms with E-state index >= 15 is 0 Å². The number of carboxylic acids is 1. The zero-order valence-electron chi connectivity index (χ0n) is 12.3. The maximum atomic E-state index is 12.8. The number of rotatable bonds is 3. The van der Waals surface area contributed by atoms with Crippen molar-refractivity contribution in [2.45, 2.75) is 31.1 Å². The molecule has 1 N–H and O–H groups in total. The third kappa shape index (κ3) is 2.30. The molecule has 1 heterocycles. The molecule has 0 unspecified atom stereocenters. The molecule has 0 radical (unpaired) electrons. The Balaban J connectivity index is 1.94. The zero-order chi connectivity index (χ0) is 16.1. The van der Waals surface area contributed by atoms with E-state index in [0.29, 0.717) is 13.0 Å². The van der Waals surface area contributed by atoms with Crippen molar-refractivity contribution in [3.8, 4) is 0 Å². The summed E-state index contributed by atoms with van der Waals surface area (Å²) in [5, 5.41) is 9.58. The van der Waals surface area contributed by atoms with Gasteiger partial charge in [0, 0.05) is 17.6 Å². The SMILES string of the molecule is Cc1ccc(S(=O)(=O)N2C[C@@H]3CCC[C@@]3(C(=O)O)C2)cc1Br.